The molecule has 1 aliphatic heterocycles. The fourth-order valence-electron chi connectivity index (χ4n) is 2.90. The quantitative estimate of drug-likeness (QED) is 0.797. The van der Waals surface area contributed by atoms with E-state index >= 15 is 0 Å². The summed E-state index contributed by atoms with van der Waals surface area (Å²) in [5.74, 6) is 0.120. The highest BCUT2D eigenvalue weighted by molar-refractivity contribution is 7.91. The van der Waals surface area contributed by atoms with E-state index in [1.807, 2.05) is 32.8 Å². The predicted molar refractivity (Wildman–Crippen MR) is 90.4 cm³/mol. The van der Waals surface area contributed by atoms with Gasteiger partial charge in [-0.15, -0.1) is 0 Å². The molecule has 0 saturated carbocycles. The van der Waals surface area contributed by atoms with Gasteiger partial charge in [-0.05, 0) is 46.5 Å². The fraction of sp³-hybridized carbons (Fsp3) is 0.625. The van der Waals surface area contributed by atoms with Crippen LogP contribution in [-0.4, -0.2) is 73.8 Å². The highest BCUT2D eigenvalue weighted by Gasteiger charge is 2.35. The van der Waals surface area contributed by atoms with Crippen LogP contribution < -0.4 is 0 Å². The van der Waals surface area contributed by atoms with E-state index < -0.39 is 9.84 Å². The molecule has 1 atom stereocenters. The number of aromatic nitrogens is 1. The van der Waals surface area contributed by atoms with Crippen LogP contribution in [0.5, 0.6) is 0 Å². The second-order valence-electron chi connectivity index (χ2n) is 6.50. The van der Waals surface area contributed by atoms with Crippen molar-refractivity contribution in [3.63, 3.8) is 0 Å². The summed E-state index contributed by atoms with van der Waals surface area (Å²) in [7, 11) is 0.848. The van der Waals surface area contributed by atoms with Crippen LogP contribution in [0.4, 0.5) is 0 Å². The Labute approximate surface area is 138 Å². The van der Waals surface area contributed by atoms with E-state index in [2.05, 4.69) is 4.98 Å². The Kier molecular flexibility index (Phi) is 5.41. The zero-order valence-electron chi connectivity index (χ0n) is 14.2. The Morgan fingerprint density at radius 1 is 1.22 bits per heavy atom. The lowest BCUT2D eigenvalue weighted by molar-refractivity contribution is 0.0683. The zero-order chi connectivity index (χ0) is 17.2. The first-order valence-corrected chi connectivity index (χ1v) is 9.61. The summed E-state index contributed by atoms with van der Waals surface area (Å²) in [4.78, 5) is 21.0. The summed E-state index contributed by atoms with van der Waals surface area (Å²) in [6, 6.07) is 3.30. The fourth-order valence-corrected chi connectivity index (χ4v) is 4.63. The number of hydrogen-bond acceptors (Lipinski definition) is 5. The van der Waals surface area contributed by atoms with E-state index in [0.717, 1.165) is 11.4 Å². The van der Waals surface area contributed by atoms with Crippen molar-refractivity contribution >= 4 is 15.7 Å². The first-order valence-electron chi connectivity index (χ1n) is 7.79. The highest BCUT2D eigenvalue weighted by Crippen LogP contribution is 2.20. The van der Waals surface area contributed by atoms with Gasteiger partial charge in [0.2, 0.25) is 0 Å². The molecule has 1 unspecified atom stereocenters. The van der Waals surface area contributed by atoms with Gasteiger partial charge in [0, 0.05) is 36.1 Å². The molecule has 0 spiro atoms. The van der Waals surface area contributed by atoms with Gasteiger partial charge in [-0.25, -0.2) is 8.42 Å². The molecular weight excluding hydrogens is 314 g/mol. The normalized spacial score (nSPS) is 20.0. The lowest BCUT2D eigenvalue weighted by Crippen LogP contribution is -2.44. The number of sulfone groups is 1. The number of hydrogen-bond donors (Lipinski definition) is 0. The van der Waals surface area contributed by atoms with Crippen molar-refractivity contribution in [3.05, 3.63) is 29.1 Å². The summed E-state index contributed by atoms with van der Waals surface area (Å²) in [5.41, 5.74) is 2.16. The van der Waals surface area contributed by atoms with Gasteiger partial charge in [-0.3, -0.25) is 9.78 Å². The summed E-state index contributed by atoms with van der Waals surface area (Å²) < 4.78 is 23.6. The second kappa shape index (κ2) is 6.97. The van der Waals surface area contributed by atoms with Crippen molar-refractivity contribution in [1.82, 2.24) is 14.8 Å². The van der Waals surface area contributed by atoms with E-state index in [-0.39, 0.29) is 23.5 Å². The lowest BCUT2D eigenvalue weighted by atomic mass is 10.1. The van der Waals surface area contributed by atoms with Crippen LogP contribution in [0.15, 0.2) is 12.1 Å². The van der Waals surface area contributed by atoms with Crippen LogP contribution in [0.25, 0.3) is 0 Å². The zero-order valence-corrected chi connectivity index (χ0v) is 15.1. The number of carbonyl (C=O) groups excluding carboxylic acids is 1. The third-order valence-corrected chi connectivity index (χ3v) is 5.78. The van der Waals surface area contributed by atoms with Crippen molar-refractivity contribution in [2.24, 2.45) is 0 Å². The molecule has 128 valence electrons. The largest absolute Gasteiger partial charge is 0.333 e. The molecule has 0 N–H and O–H groups in total. The van der Waals surface area contributed by atoms with Gasteiger partial charge in [0.25, 0.3) is 5.91 Å². The molecule has 1 amide bonds. The van der Waals surface area contributed by atoms with Gasteiger partial charge in [-0.1, -0.05) is 0 Å². The van der Waals surface area contributed by atoms with Crippen LogP contribution in [-0.2, 0) is 9.84 Å². The van der Waals surface area contributed by atoms with E-state index in [4.69, 9.17) is 0 Å². The number of nitrogens with zero attached hydrogens (tertiary/aromatic N) is 3. The van der Waals surface area contributed by atoms with Crippen molar-refractivity contribution in [1.29, 1.82) is 0 Å². The average Bonchev–Trinajstić information content (AvgIpc) is 2.77. The molecule has 0 aromatic carbocycles. The monoisotopic (exact) mass is 339 g/mol. The molecule has 6 nitrogen and oxygen atoms in total. The molecule has 1 aromatic rings. The van der Waals surface area contributed by atoms with Gasteiger partial charge in [-0.2, -0.15) is 0 Å². The van der Waals surface area contributed by atoms with Gasteiger partial charge < -0.3 is 9.80 Å². The maximum Gasteiger partial charge on any atom is 0.254 e. The van der Waals surface area contributed by atoms with Crippen LogP contribution in [0.1, 0.15) is 28.2 Å². The van der Waals surface area contributed by atoms with Crippen LogP contribution >= 0.6 is 0 Å². The van der Waals surface area contributed by atoms with Crippen molar-refractivity contribution in [3.8, 4) is 0 Å². The minimum absolute atomic E-state index is 0.0647. The Balaban J connectivity index is 2.26. The van der Waals surface area contributed by atoms with Crippen molar-refractivity contribution in [2.75, 3.05) is 38.7 Å². The minimum Gasteiger partial charge on any atom is -0.333 e. The molecule has 2 rings (SSSR count). The maximum atomic E-state index is 12.9. The summed E-state index contributed by atoms with van der Waals surface area (Å²) >= 11 is 0. The Morgan fingerprint density at radius 3 is 2.30 bits per heavy atom. The molecule has 1 fully saturated rings. The Bertz CT molecular complexity index is 666. The number of likely N-dealkylation sites (N-methyl/N-ethyl adjacent to an activating group) is 1. The molecule has 0 bridgehead atoms. The molecular formula is C16H25N3O3S. The number of carbonyl (C=O) groups is 1. The third-order valence-electron chi connectivity index (χ3n) is 4.03. The number of aryl methyl sites for hydroxylation is 2. The second-order valence-corrected chi connectivity index (χ2v) is 8.73. The van der Waals surface area contributed by atoms with E-state index in [9.17, 15) is 13.2 Å². The molecule has 2 heterocycles. The smallest absolute Gasteiger partial charge is 0.254 e. The molecule has 1 saturated heterocycles. The number of amides is 1. The average molecular weight is 339 g/mol. The number of pyridine rings is 1. The first kappa shape index (κ1) is 17.9. The Morgan fingerprint density at radius 2 is 1.83 bits per heavy atom. The minimum atomic E-state index is -3.03. The van der Waals surface area contributed by atoms with Gasteiger partial charge in [0.1, 0.15) is 0 Å². The summed E-state index contributed by atoms with van der Waals surface area (Å²) in [6.45, 7) is 4.93. The van der Waals surface area contributed by atoms with Gasteiger partial charge >= 0.3 is 0 Å². The first-order chi connectivity index (χ1) is 10.7. The SMILES string of the molecule is Cc1cc(C(=O)N(CCN(C)C)C2CCS(=O)(=O)C2)cc(C)n1. The van der Waals surface area contributed by atoms with Crippen LogP contribution in [0, 0.1) is 13.8 Å². The molecule has 1 aliphatic rings. The van der Waals surface area contributed by atoms with Gasteiger partial charge in [0.05, 0.1) is 11.5 Å². The number of rotatable bonds is 5. The molecule has 0 aliphatic carbocycles. The van der Waals surface area contributed by atoms with Crippen LogP contribution in [0.2, 0.25) is 0 Å². The predicted octanol–water partition coefficient (Wildman–Crippen LogP) is 0.889. The molecule has 23 heavy (non-hydrogen) atoms. The maximum absolute atomic E-state index is 12.9. The molecule has 7 heteroatoms. The standard InChI is InChI=1S/C16H25N3O3S/c1-12-9-14(10-13(2)17-12)16(20)19(7-6-18(3)4)15-5-8-23(21,22)11-15/h9-10,15H,5-8,11H2,1-4H3. The van der Waals surface area contributed by atoms with E-state index in [1.165, 1.54) is 0 Å². The van der Waals surface area contributed by atoms with Crippen LogP contribution in [0.3, 0.4) is 0 Å². The third kappa shape index (κ3) is 4.75. The summed E-state index contributed by atoms with van der Waals surface area (Å²) in [5, 5.41) is 0. The van der Waals surface area contributed by atoms with Gasteiger partial charge in [0.15, 0.2) is 9.84 Å². The van der Waals surface area contributed by atoms with Crippen molar-refractivity contribution in [2.45, 2.75) is 26.3 Å². The highest BCUT2D eigenvalue weighted by atomic mass is 32.2. The van der Waals surface area contributed by atoms with E-state index in [1.54, 1.807) is 17.0 Å². The lowest BCUT2D eigenvalue weighted by Gasteiger charge is -2.29. The topological polar surface area (TPSA) is 70.6 Å². The summed E-state index contributed by atoms with van der Waals surface area (Å²) in [6.07, 6.45) is 0.518. The molecule has 0 radical (unpaired) electrons. The van der Waals surface area contributed by atoms with E-state index in [0.29, 0.717) is 25.1 Å². The van der Waals surface area contributed by atoms with Crippen molar-refractivity contribution < 1.29 is 13.2 Å². The molecule has 1 aromatic heterocycles. The Hall–Kier alpha value is -1.47.